The molecule has 0 saturated carbocycles. The lowest BCUT2D eigenvalue weighted by molar-refractivity contribution is -0.123. The van der Waals surface area contributed by atoms with Crippen molar-refractivity contribution < 1.29 is 28.6 Å². The largest absolute Gasteiger partial charge is 0.493 e. The molecule has 2 aromatic carbocycles. The van der Waals surface area contributed by atoms with Crippen LogP contribution in [-0.4, -0.2) is 30.7 Å². The lowest BCUT2D eigenvalue weighted by Gasteiger charge is -2.11. The highest BCUT2D eigenvalue weighted by atomic mass is 19.1. The number of carboxylic acids is 1. The second kappa shape index (κ2) is 8.14. The van der Waals surface area contributed by atoms with Crippen LogP contribution in [0.25, 0.3) is 0 Å². The van der Waals surface area contributed by atoms with Crippen LogP contribution in [0.3, 0.4) is 0 Å². The van der Waals surface area contributed by atoms with E-state index in [0.717, 1.165) is 0 Å². The van der Waals surface area contributed by atoms with Crippen LogP contribution in [0, 0.1) is 12.7 Å². The third-order valence-corrected chi connectivity index (χ3v) is 3.50. The molecule has 0 saturated heterocycles. The molecular formula is C18H18FNO5. The van der Waals surface area contributed by atoms with Gasteiger partial charge in [0.1, 0.15) is 5.82 Å². The first-order valence-electron chi connectivity index (χ1n) is 7.46. The molecule has 2 aromatic rings. The van der Waals surface area contributed by atoms with Crippen molar-refractivity contribution >= 4 is 11.9 Å². The number of aromatic carboxylic acids is 1. The minimum absolute atomic E-state index is 0.0510. The van der Waals surface area contributed by atoms with Gasteiger partial charge in [-0.1, -0.05) is 12.1 Å². The number of nitrogens with one attached hydrogen (secondary N) is 1. The summed E-state index contributed by atoms with van der Waals surface area (Å²) < 4.78 is 23.9. The summed E-state index contributed by atoms with van der Waals surface area (Å²) in [6, 6.07) is 8.82. The van der Waals surface area contributed by atoms with Gasteiger partial charge in [-0.05, 0) is 42.3 Å². The molecule has 6 nitrogen and oxygen atoms in total. The number of rotatable bonds is 7. The van der Waals surface area contributed by atoms with E-state index in [2.05, 4.69) is 5.32 Å². The fourth-order valence-corrected chi connectivity index (χ4v) is 2.06. The molecule has 0 aliphatic heterocycles. The Balaban J connectivity index is 1.91. The fourth-order valence-electron chi connectivity index (χ4n) is 2.06. The van der Waals surface area contributed by atoms with E-state index in [0.29, 0.717) is 11.1 Å². The monoisotopic (exact) mass is 347 g/mol. The lowest BCUT2D eigenvalue weighted by atomic mass is 10.1. The highest BCUT2D eigenvalue weighted by Crippen LogP contribution is 2.28. The minimum atomic E-state index is -1.09. The second-order valence-corrected chi connectivity index (χ2v) is 5.32. The van der Waals surface area contributed by atoms with Crippen molar-refractivity contribution in [2.24, 2.45) is 0 Å². The van der Waals surface area contributed by atoms with Gasteiger partial charge in [0.25, 0.3) is 5.91 Å². The van der Waals surface area contributed by atoms with Gasteiger partial charge in [0.2, 0.25) is 0 Å². The molecular weight excluding hydrogens is 329 g/mol. The summed E-state index contributed by atoms with van der Waals surface area (Å²) in [5.41, 5.74) is 1.23. The third kappa shape index (κ3) is 4.94. The number of benzene rings is 2. The van der Waals surface area contributed by atoms with Crippen molar-refractivity contribution in [1.29, 1.82) is 0 Å². The van der Waals surface area contributed by atoms with Gasteiger partial charge in [0.15, 0.2) is 18.1 Å². The van der Waals surface area contributed by atoms with Crippen molar-refractivity contribution in [2.45, 2.75) is 13.5 Å². The van der Waals surface area contributed by atoms with Gasteiger partial charge in [-0.2, -0.15) is 0 Å². The topological polar surface area (TPSA) is 84.9 Å². The summed E-state index contributed by atoms with van der Waals surface area (Å²) in [7, 11) is 1.37. The van der Waals surface area contributed by atoms with E-state index in [-0.39, 0.29) is 36.0 Å². The second-order valence-electron chi connectivity index (χ2n) is 5.32. The maximum atomic E-state index is 13.5. The first-order valence-corrected chi connectivity index (χ1v) is 7.46. The SMILES string of the molecule is COc1cc(C(=O)O)ccc1OCC(=O)NCc1ccc(C)c(F)c1. The van der Waals surface area contributed by atoms with Crippen LogP contribution in [0.5, 0.6) is 11.5 Å². The zero-order valence-electron chi connectivity index (χ0n) is 13.8. The quantitative estimate of drug-likeness (QED) is 0.804. The number of hydrogen-bond acceptors (Lipinski definition) is 4. The summed E-state index contributed by atoms with van der Waals surface area (Å²) in [6.07, 6.45) is 0. The van der Waals surface area contributed by atoms with Crippen LogP contribution in [0.15, 0.2) is 36.4 Å². The van der Waals surface area contributed by atoms with Crippen LogP contribution in [-0.2, 0) is 11.3 Å². The van der Waals surface area contributed by atoms with Crippen molar-refractivity contribution in [3.05, 3.63) is 58.9 Å². The fraction of sp³-hybridized carbons (Fsp3) is 0.222. The average Bonchev–Trinajstić information content (AvgIpc) is 2.60. The first kappa shape index (κ1) is 18.3. The predicted octanol–water partition coefficient (Wildman–Crippen LogP) is 2.54. The molecule has 132 valence electrons. The number of hydrogen-bond donors (Lipinski definition) is 2. The van der Waals surface area contributed by atoms with E-state index in [4.69, 9.17) is 14.6 Å². The van der Waals surface area contributed by atoms with Gasteiger partial charge in [0.05, 0.1) is 12.7 Å². The predicted molar refractivity (Wildman–Crippen MR) is 88.4 cm³/mol. The van der Waals surface area contributed by atoms with E-state index < -0.39 is 11.9 Å². The summed E-state index contributed by atoms with van der Waals surface area (Å²) in [5, 5.41) is 11.6. The number of methoxy groups -OCH3 is 1. The smallest absolute Gasteiger partial charge is 0.335 e. The van der Waals surface area contributed by atoms with Gasteiger partial charge in [0, 0.05) is 6.54 Å². The molecule has 25 heavy (non-hydrogen) atoms. The van der Waals surface area contributed by atoms with Crippen molar-refractivity contribution in [1.82, 2.24) is 5.32 Å². The molecule has 0 heterocycles. The maximum Gasteiger partial charge on any atom is 0.335 e. The Hall–Kier alpha value is -3.09. The van der Waals surface area contributed by atoms with Gasteiger partial charge in [-0.3, -0.25) is 4.79 Å². The average molecular weight is 347 g/mol. The van der Waals surface area contributed by atoms with E-state index in [1.54, 1.807) is 19.1 Å². The van der Waals surface area contributed by atoms with Crippen LogP contribution in [0.2, 0.25) is 0 Å². The maximum absolute atomic E-state index is 13.5. The number of carbonyl (C=O) groups excluding carboxylic acids is 1. The Morgan fingerprint density at radius 3 is 2.56 bits per heavy atom. The molecule has 0 aliphatic carbocycles. The number of carboxylic acid groups (broad SMARTS) is 1. The zero-order valence-corrected chi connectivity index (χ0v) is 13.8. The van der Waals surface area contributed by atoms with E-state index in [1.165, 1.54) is 31.4 Å². The van der Waals surface area contributed by atoms with Crippen molar-refractivity contribution in [3.8, 4) is 11.5 Å². The molecule has 0 atom stereocenters. The molecule has 0 bridgehead atoms. The Labute approximate surface area is 144 Å². The molecule has 1 amide bonds. The zero-order chi connectivity index (χ0) is 18.4. The van der Waals surface area contributed by atoms with Gasteiger partial charge < -0.3 is 19.9 Å². The van der Waals surface area contributed by atoms with Gasteiger partial charge >= 0.3 is 5.97 Å². The normalized spacial score (nSPS) is 10.2. The summed E-state index contributed by atoms with van der Waals surface area (Å²) in [5.74, 6) is -1.35. The van der Waals surface area contributed by atoms with Crippen LogP contribution in [0.1, 0.15) is 21.5 Å². The number of ether oxygens (including phenoxy) is 2. The van der Waals surface area contributed by atoms with Gasteiger partial charge in [-0.25, -0.2) is 9.18 Å². The Morgan fingerprint density at radius 2 is 1.92 bits per heavy atom. The number of aryl methyl sites for hydroxylation is 1. The van der Waals surface area contributed by atoms with Crippen LogP contribution < -0.4 is 14.8 Å². The number of carbonyl (C=O) groups is 2. The standard InChI is InChI=1S/C18H18FNO5/c1-11-3-4-12(7-14(11)19)9-20-17(21)10-25-15-6-5-13(18(22)23)8-16(15)24-2/h3-8H,9-10H2,1-2H3,(H,20,21)(H,22,23). The Kier molecular flexibility index (Phi) is 5.94. The Morgan fingerprint density at radius 1 is 1.16 bits per heavy atom. The van der Waals surface area contributed by atoms with E-state index >= 15 is 0 Å². The number of halogens is 1. The summed E-state index contributed by atoms with van der Waals surface area (Å²) in [6.45, 7) is 1.56. The molecule has 2 N–H and O–H groups in total. The summed E-state index contributed by atoms with van der Waals surface area (Å²) >= 11 is 0. The summed E-state index contributed by atoms with van der Waals surface area (Å²) in [4.78, 5) is 22.8. The number of amides is 1. The molecule has 0 aliphatic rings. The molecule has 0 aromatic heterocycles. The molecule has 7 heteroatoms. The minimum Gasteiger partial charge on any atom is -0.493 e. The van der Waals surface area contributed by atoms with Gasteiger partial charge in [-0.15, -0.1) is 0 Å². The molecule has 2 rings (SSSR count). The highest BCUT2D eigenvalue weighted by Gasteiger charge is 2.11. The molecule has 0 fully saturated rings. The van der Waals surface area contributed by atoms with Crippen molar-refractivity contribution in [3.63, 3.8) is 0 Å². The van der Waals surface area contributed by atoms with E-state index in [1.807, 2.05) is 0 Å². The molecule has 0 radical (unpaired) electrons. The van der Waals surface area contributed by atoms with Crippen molar-refractivity contribution in [2.75, 3.05) is 13.7 Å². The van der Waals surface area contributed by atoms with E-state index in [9.17, 15) is 14.0 Å². The highest BCUT2D eigenvalue weighted by molar-refractivity contribution is 5.88. The first-order chi connectivity index (χ1) is 11.9. The Bertz CT molecular complexity index is 791. The van der Waals surface area contributed by atoms with Crippen LogP contribution >= 0.6 is 0 Å². The van der Waals surface area contributed by atoms with Crippen LogP contribution in [0.4, 0.5) is 4.39 Å². The molecule has 0 unspecified atom stereocenters. The molecule has 0 spiro atoms. The third-order valence-electron chi connectivity index (χ3n) is 3.50. The lowest BCUT2D eigenvalue weighted by Crippen LogP contribution is -2.28.